The Hall–Kier alpha value is -2.11. The van der Waals surface area contributed by atoms with Crippen molar-refractivity contribution >= 4 is 11.6 Å². The Morgan fingerprint density at radius 3 is 3.00 bits per heavy atom. The number of guanidine groups is 1. The highest BCUT2D eigenvalue weighted by molar-refractivity contribution is 5.80. The van der Waals surface area contributed by atoms with Gasteiger partial charge in [0, 0.05) is 18.8 Å². The van der Waals surface area contributed by atoms with Gasteiger partial charge >= 0.3 is 0 Å². The van der Waals surface area contributed by atoms with Crippen molar-refractivity contribution in [2.24, 2.45) is 4.99 Å². The van der Waals surface area contributed by atoms with Crippen molar-refractivity contribution in [3.05, 3.63) is 30.2 Å². The smallest absolute Gasteiger partial charge is 0.191 e. The van der Waals surface area contributed by atoms with Crippen molar-refractivity contribution in [2.75, 3.05) is 6.54 Å². The first kappa shape index (κ1) is 13.9. The molecule has 0 spiro atoms. The molecule has 0 radical (unpaired) electrons. The van der Waals surface area contributed by atoms with Crippen molar-refractivity contribution in [3.8, 4) is 0 Å². The van der Waals surface area contributed by atoms with Gasteiger partial charge in [0.2, 0.25) is 0 Å². The van der Waals surface area contributed by atoms with Gasteiger partial charge in [-0.25, -0.2) is 4.99 Å². The minimum absolute atomic E-state index is 0.521. The van der Waals surface area contributed by atoms with Gasteiger partial charge in [0.1, 0.15) is 6.54 Å². The van der Waals surface area contributed by atoms with Crippen LogP contribution in [0.3, 0.4) is 0 Å². The average molecular weight is 286 g/mol. The summed E-state index contributed by atoms with van der Waals surface area (Å²) >= 11 is 0. The highest BCUT2D eigenvalue weighted by Crippen LogP contribution is 2.17. The van der Waals surface area contributed by atoms with Crippen LogP contribution >= 0.6 is 0 Å². The van der Waals surface area contributed by atoms with Crippen LogP contribution in [0.25, 0.3) is 5.65 Å². The highest BCUT2D eigenvalue weighted by atomic mass is 15.3. The Balaban J connectivity index is 1.71. The van der Waals surface area contributed by atoms with Gasteiger partial charge in [-0.2, -0.15) is 0 Å². The second-order valence-corrected chi connectivity index (χ2v) is 5.37. The van der Waals surface area contributed by atoms with E-state index in [-0.39, 0.29) is 0 Å². The van der Waals surface area contributed by atoms with E-state index in [1.165, 1.54) is 25.7 Å². The van der Waals surface area contributed by atoms with Crippen molar-refractivity contribution in [1.82, 2.24) is 25.2 Å². The van der Waals surface area contributed by atoms with E-state index >= 15 is 0 Å². The third-order valence-electron chi connectivity index (χ3n) is 3.80. The van der Waals surface area contributed by atoms with Crippen LogP contribution in [0.1, 0.15) is 38.4 Å². The fraction of sp³-hybridized carbons (Fsp3) is 0.533. The number of pyridine rings is 1. The van der Waals surface area contributed by atoms with Crippen LogP contribution in [0.15, 0.2) is 29.4 Å². The van der Waals surface area contributed by atoms with Crippen LogP contribution in [0.5, 0.6) is 0 Å². The topological polar surface area (TPSA) is 66.6 Å². The summed E-state index contributed by atoms with van der Waals surface area (Å²) in [4.78, 5) is 4.64. The normalized spacial score (nSPS) is 16.5. The molecule has 21 heavy (non-hydrogen) atoms. The molecule has 0 bridgehead atoms. The van der Waals surface area contributed by atoms with Gasteiger partial charge in [0.25, 0.3) is 0 Å². The molecule has 6 nitrogen and oxygen atoms in total. The molecular weight excluding hydrogens is 264 g/mol. The van der Waals surface area contributed by atoms with E-state index in [9.17, 15) is 0 Å². The van der Waals surface area contributed by atoms with Crippen LogP contribution in [0.4, 0.5) is 0 Å². The quantitative estimate of drug-likeness (QED) is 0.663. The predicted octanol–water partition coefficient (Wildman–Crippen LogP) is 1.73. The second-order valence-electron chi connectivity index (χ2n) is 5.37. The van der Waals surface area contributed by atoms with Crippen LogP contribution in [-0.4, -0.2) is 33.1 Å². The van der Waals surface area contributed by atoms with Crippen molar-refractivity contribution in [1.29, 1.82) is 0 Å². The fourth-order valence-corrected chi connectivity index (χ4v) is 2.73. The lowest BCUT2D eigenvalue weighted by Crippen LogP contribution is -2.42. The Morgan fingerprint density at radius 2 is 2.19 bits per heavy atom. The van der Waals surface area contributed by atoms with Crippen LogP contribution in [0, 0.1) is 0 Å². The molecule has 2 aromatic rings. The van der Waals surface area contributed by atoms with E-state index in [0.29, 0.717) is 12.6 Å². The third-order valence-corrected chi connectivity index (χ3v) is 3.80. The maximum atomic E-state index is 4.64. The lowest BCUT2D eigenvalue weighted by atomic mass is 10.2. The zero-order valence-electron chi connectivity index (χ0n) is 12.4. The summed E-state index contributed by atoms with van der Waals surface area (Å²) in [6.07, 6.45) is 7.06. The predicted molar refractivity (Wildman–Crippen MR) is 83.2 cm³/mol. The SMILES string of the molecule is CCNC(=NCc1nnc2ccccn12)NC1CCCC1. The number of hydrogen-bond donors (Lipinski definition) is 2. The molecule has 0 aliphatic heterocycles. The molecule has 1 aliphatic rings. The standard InChI is InChI=1S/C15H22N6/c1-2-16-15(18-12-7-3-4-8-12)17-11-14-20-19-13-9-5-6-10-21(13)14/h5-6,9-10,12H,2-4,7-8,11H2,1H3,(H2,16,17,18). The number of rotatable bonds is 4. The minimum atomic E-state index is 0.521. The third kappa shape index (κ3) is 3.32. The van der Waals surface area contributed by atoms with Crippen molar-refractivity contribution in [3.63, 3.8) is 0 Å². The molecule has 2 heterocycles. The Morgan fingerprint density at radius 1 is 1.33 bits per heavy atom. The van der Waals surface area contributed by atoms with E-state index in [0.717, 1.165) is 24.0 Å². The first-order valence-corrected chi connectivity index (χ1v) is 7.70. The summed E-state index contributed by atoms with van der Waals surface area (Å²) in [6.45, 7) is 3.46. The zero-order valence-corrected chi connectivity index (χ0v) is 12.4. The molecule has 0 atom stereocenters. The molecule has 0 saturated heterocycles. The molecule has 0 amide bonds. The Bertz CT molecular complexity index is 611. The first-order chi connectivity index (χ1) is 10.4. The lowest BCUT2D eigenvalue weighted by molar-refractivity contribution is 0.613. The van der Waals surface area contributed by atoms with E-state index in [4.69, 9.17) is 0 Å². The molecule has 112 valence electrons. The highest BCUT2D eigenvalue weighted by Gasteiger charge is 2.16. The number of fused-ring (bicyclic) bond motifs is 1. The summed E-state index contributed by atoms with van der Waals surface area (Å²) in [5.41, 5.74) is 0.858. The number of nitrogens with one attached hydrogen (secondary N) is 2. The van der Waals surface area contributed by atoms with Crippen LogP contribution in [-0.2, 0) is 6.54 Å². The van der Waals surface area contributed by atoms with Gasteiger partial charge in [-0.1, -0.05) is 18.9 Å². The molecule has 6 heteroatoms. The van der Waals surface area contributed by atoms with E-state index in [2.05, 4.69) is 32.7 Å². The fourth-order valence-electron chi connectivity index (χ4n) is 2.73. The van der Waals surface area contributed by atoms with Gasteiger partial charge < -0.3 is 10.6 Å². The maximum Gasteiger partial charge on any atom is 0.191 e. The van der Waals surface area contributed by atoms with Crippen LogP contribution in [0.2, 0.25) is 0 Å². The lowest BCUT2D eigenvalue weighted by Gasteiger charge is -2.16. The Kier molecular flexibility index (Phi) is 4.33. The van der Waals surface area contributed by atoms with E-state index < -0.39 is 0 Å². The molecule has 0 aromatic carbocycles. The summed E-state index contributed by atoms with van der Waals surface area (Å²) in [6, 6.07) is 6.44. The molecule has 2 N–H and O–H groups in total. The first-order valence-electron chi connectivity index (χ1n) is 7.70. The minimum Gasteiger partial charge on any atom is -0.357 e. The monoisotopic (exact) mass is 286 g/mol. The maximum absolute atomic E-state index is 4.64. The van der Waals surface area contributed by atoms with Crippen molar-refractivity contribution in [2.45, 2.75) is 45.2 Å². The molecule has 1 saturated carbocycles. The summed E-state index contributed by atoms with van der Waals surface area (Å²) < 4.78 is 1.97. The molecule has 1 aliphatic carbocycles. The van der Waals surface area contributed by atoms with Crippen molar-refractivity contribution < 1.29 is 0 Å². The van der Waals surface area contributed by atoms with Gasteiger partial charge in [-0.15, -0.1) is 10.2 Å². The molecule has 0 unspecified atom stereocenters. The number of hydrogen-bond acceptors (Lipinski definition) is 3. The number of nitrogens with zero attached hydrogens (tertiary/aromatic N) is 4. The summed E-state index contributed by atoms with van der Waals surface area (Å²) in [7, 11) is 0. The van der Waals surface area contributed by atoms with Gasteiger partial charge in [-0.3, -0.25) is 4.40 Å². The molecule has 2 aromatic heterocycles. The second kappa shape index (κ2) is 6.56. The zero-order chi connectivity index (χ0) is 14.5. The van der Waals surface area contributed by atoms with Gasteiger partial charge in [0.15, 0.2) is 17.4 Å². The van der Waals surface area contributed by atoms with E-state index in [1.807, 2.05) is 28.8 Å². The largest absolute Gasteiger partial charge is 0.357 e. The molecule has 3 rings (SSSR count). The average Bonchev–Trinajstić information content (AvgIpc) is 3.14. The molecular formula is C15H22N6. The Labute approximate surface area is 124 Å². The van der Waals surface area contributed by atoms with Gasteiger partial charge in [-0.05, 0) is 31.9 Å². The number of aromatic nitrogens is 3. The van der Waals surface area contributed by atoms with Gasteiger partial charge in [0.05, 0.1) is 0 Å². The number of aliphatic imine (C=N–C) groups is 1. The summed E-state index contributed by atoms with van der Waals surface area (Å²) in [5.74, 6) is 1.73. The van der Waals surface area contributed by atoms with E-state index in [1.54, 1.807) is 0 Å². The summed E-state index contributed by atoms with van der Waals surface area (Å²) in [5, 5.41) is 15.2. The molecule has 1 fully saturated rings. The van der Waals surface area contributed by atoms with Crippen LogP contribution < -0.4 is 10.6 Å².